The predicted octanol–water partition coefficient (Wildman–Crippen LogP) is 2.23. The lowest BCUT2D eigenvalue weighted by Crippen LogP contribution is -2.42. The zero-order chi connectivity index (χ0) is 18.2. The molecule has 0 aliphatic carbocycles. The molecule has 0 spiro atoms. The van der Waals surface area contributed by atoms with Crippen LogP contribution in [0.25, 0.3) is 0 Å². The van der Waals surface area contributed by atoms with Crippen LogP contribution in [0.1, 0.15) is 20.7 Å². The van der Waals surface area contributed by atoms with Crippen LogP contribution in [-0.2, 0) is 0 Å². The Bertz CT molecular complexity index is 819. The number of carbonyl (C=O) groups excluding carboxylic acids is 2. The number of para-hydroxylation sites is 2. The van der Waals surface area contributed by atoms with Gasteiger partial charge in [-0.3, -0.25) is 30.6 Å². The number of nitrogens with one attached hydrogen (secondary N) is 2. The summed E-state index contributed by atoms with van der Waals surface area (Å²) in [5, 5.41) is 10.9. The Balaban J connectivity index is 2.09. The number of nitro groups is 1. The fraction of sp³-hybridized carbons (Fsp3) is 0.0588. The Hall–Kier alpha value is -3.68. The molecule has 0 saturated carbocycles. The van der Waals surface area contributed by atoms with E-state index in [0.29, 0.717) is 5.75 Å². The Morgan fingerprint density at radius 3 is 2.24 bits per heavy atom. The van der Waals surface area contributed by atoms with Crippen LogP contribution in [0, 0.1) is 10.1 Å². The summed E-state index contributed by atoms with van der Waals surface area (Å²) in [6, 6.07) is 11.9. The van der Waals surface area contributed by atoms with Gasteiger partial charge in [-0.1, -0.05) is 36.9 Å². The standard InChI is InChI=1S/C17H15N3O5/c1-2-11-25-15-10-6-4-8-13(15)17(22)19-18-16(21)12-7-3-5-9-14(12)20(23)24/h2-10H,1,11H2,(H,18,21)(H,19,22). The number of ether oxygens (including phenoxy) is 1. The lowest BCUT2D eigenvalue weighted by atomic mass is 10.1. The molecule has 2 N–H and O–H groups in total. The van der Waals surface area contributed by atoms with Gasteiger partial charge in [-0.15, -0.1) is 0 Å². The molecule has 0 atom stereocenters. The third kappa shape index (κ3) is 4.41. The normalized spacial score (nSPS) is 9.76. The van der Waals surface area contributed by atoms with Gasteiger partial charge in [0, 0.05) is 6.07 Å². The summed E-state index contributed by atoms with van der Waals surface area (Å²) >= 11 is 0. The predicted molar refractivity (Wildman–Crippen MR) is 90.2 cm³/mol. The highest BCUT2D eigenvalue weighted by Crippen LogP contribution is 2.18. The Labute approximate surface area is 143 Å². The van der Waals surface area contributed by atoms with Gasteiger partial charge in [-0.05, 0) is 18.2 Å². The summed E-state index contributed by atoms with van der Waals surface area (Å²) in [4.78, 5) is 34.6. The molecule has 0 bridgehead atoms. The van der Waals surface area contributed by atoms with Crippen LogP contribution in [0.15, 0.2) is 61.2 Å². The first-order chi connectivity index (χ1) is 12.0. The average molecular weight is 341 g/mol. The Morgan fingerprint density at radius 2 is 1.60 bits per heavy atom. The molecule has 0 fully saturated rings. The highest BCUT2D eigenvalue weighted by Gasteiger charge is 2.20. The van der Waals surface area contributed by atoms with Gasteiger partial charge in [-0.25, -0.2) is 0 Å². The van der Waals surface area contributed by atoms with Crippen LogP contribution in [0.5, 0.6) is 5.75 Å². The first-order valence-electron chi connectivity index (χ1n) is 7.21. The topological polar surface area (TPSA) is 111 Å². The van der Waals surface area contributed by atoms with Crippen molar-refractivity contribution in [1.29, 1.82) is 0 Å². The van der Waals surface area contributed by atoms with E-state index in [4.69, 9.17) is 4.74 Å². The summed E-state index contributed by atoms with van der Waals surface area (Å²) in [7, 11) is 0. The van der Waals surface area contributed by atoms with Gasteiger partial charge in [0.2, 0.25) is 0 Å². The quantitative estimate of drug-likeness (QED) is 0.475. The number of hydrazine groups is 1. The van der Waals surface area contributed by atoms with Crippen molar-refractivity contribution in [3.8, 4) is 5.75 Å². The fourth-order valence-electron chi connectivity index (χ4n) is 2.00. The number of nitro benzene ring substituents is 1. The monoisotopic (exact) mass is 341 g/mol. The maximum atomic E-state index is 12.2. The minimum atomic E-state index is -0.801. The molecule has 0 aliphatic heterocycles. The molecule has 25 heavy (non-hydrogen) atoms. The molecule has 0 saturated heterocycles. The van der Waals surface area contributed by atoms with E-state index < -0.39 is 16.7 Å². The highest BCUT2D eigenvalue weighted by molar-refractivity contribution is 6.02. The van der Waals surface area contributed by atoms with E-state index in [1.165, 1.54) is 36.4 Å². The molecule has 0 unspecified atom stereocenters. The second-order valence-corrected chi connectivity index (χ2v) is 4.78. The molecule has 8 nitrogen and oxygen atoms in total. The van der Waals surface area contributed by atoms with E-state index in [-0.39, 0.29) is 23.4 Å². The van der Waals surface area contributed by atoms with E-state index in [2.05, 4.69) is 17.4 Å². The third-order valence-corrected chi connectivity index (χ3v) is 3.12. The SMILES string of the molecule is C=CCOc1ccccc1C(=O)NNC(=O)c1ccccc1[N+](=O)[O-]. The van der Waals surface area contributed by atoms with E-state index in [9.17, 15) is 19.7 Å². The van der Waals surface area contributed by atoms with Crippen molar-refractivity contribution in [2.24, 2.45) is 0 Å². The van der Waals surface area contributed by atoms with Crippen molar-refractivity contribution in [2.45, 2.75) is 0 Å². The molecule has 2 rings (SSSR count). The van der Waals surface area contributed by atoms with Gasteiger partial charge in [0.25, 0.3) is 17.5 Å². The molecule has 2 amide bonds. The van der Waals surface area contributed by atoms with Crippen LogP contribution >= 0.6 is 0 Å². The van der Waals surface area contributed by atoms with Gasteiger partial charge >= 0.3 is 0 Å². The molecule has 2 aromatic rings. The van der Waals surface area contributed by atoms with Crippen LogP contribution in [0.4, 0.5) is 5.69 Å². The van der Waals surface area contributed by atoms with E-state index in [1.807, 2.05) is 0 Å². The lowest BCUT2D eigenvalue weighted by Gasteiger charge is -2.11. The second kappa shape index (κ2) is 8.25. The molecule has 2 aromatic carbocycles. The van der Waals surface area contributed by atoms with Crippen molar-refractivity contribution in [2.75, 3.05) is 6.61 Å². The smallest absolute Gasteiger partial charge is 0.282 e. The molecule has 0 radical (unpaired) electrons. The molecule has 0 aliphatic rings. The Kier molecular flexibility index (Phi) is 5.83. The molecular formula is C17H15N3O5. The van der Waals surface area contributed by atoms with Gasteiger partial charge < -0.3 is 4.74 Å². The molecule has 0 heterocycles. The van der Waals surface area contributed by atoms with Gasteiger partial charge in [0.15, 0.2) is 0 Å². The number of carbonyl (C=O) groups is 2. The van der Waals surface area contributed by atoms with Crippen LogP contribution in [0.2, 0.25) is 0 Å². The number of hydrogen-bond acceptors (Lipinski definition) is 5. The van der Waals surface area contributed by atoms with Gasteiger partial charge in [-0.2, -0.15) is 0 Å². The minimum absolute atomic E-state index is 0.163. The largest absolute Gasteiger partial charge is 0.489 e. The zero-order valence-corrected chi connectivity index (χ0v) is 13.1. The lowest BCUT2D eigenvalue weighted by molar-refractivity contribution is -0.385. The molecular weight excluding hydrogens is 326 g/mol. The average Bonchev–Trinajstić information content (AvgIpc) is 2.64. The second-order valence-electron chi connectivity index (χ2n) is 4.78. The molecule has 8 heteroatoms. The number of rotatable bonds is 6. The fourth-order valence-corrected chi connectivity index (χ4v) is 2.00. The van der Waals surface area contributed by atoms with Crippen molar-refractivity contribution in [3.05, 3.63) is 82.4 Å². The van der Waals surface area contributed by atoms with E-state index in [1.54, 1.807) is 18.2 Å². The molecule has 0 aromatic heterocycles. The summed E-state index contributed by atoms with van der Waals surface area (Å²) < 4.78 is 5.37. The number of amides is 2. The third-order valence-electron chi connectivity index (χ3n) is 3.12. The van der Waals surface area contributed by atoms with E-state index >= 15 is 0 Å². The summed E-state index contributed by atoms with van der Waals surface area (Å²) in [6.45, 7) is 3.74. The molecule has 128 valence electrons. The number of benzene rings is 2. The Morgan fingerprint density at radius 1 is 1.04 bits per heavy atom. The minimum Gasteiger partial charge on any atom is -0.489 e. The summed E-state index contributed by atoms with van der Waals surface area (Å²) in [6.07, 6.45) is 1.53. The summed E-state index contributed by atoms with van der Waals surface area (Å²) in [5.74, 6) is -1.10. The first-order valence-corrected chi connectivity index (χ1v) is 7.21. The number of nitrogens with zero attached hydrogens (tertiary/aromatic N) is 1. The van der Waals surface area contributed by atoms with Crippen molar-refractivity contribution < 1.29 is 19.2 Å². The van der Waals surface area contributed by atoms with Gasteiger partial charge in [0.1, 0.15) is 17.9 Å². The zero-order valence-electron chi connectivity index (χ0n) is 13.1. The van der Waals surface area contributed by atoms with Crippen molar-refractivity contribution in [3.63, 3.8) is 0 Å². The highest BCUT2D eigenvalue weighted by atomic mass is 16.6. The van der Waals surface area contributed by atoms with Crippen molar-refractivity contribution in [1.82, 2.24) is 10.9 Å². The van der Waals surface area contributed by atoms with E-state index in [0.717, 1.165) is 0 Å². The van der Waals surface area contributed by atoms with Crippen LogP contribution in [0.3, 0.4) is 0 Å². The van der Waals surface area contributed by atoms with Crippen LogP contribution < -0.4 is 15.6 Å². The summed E-state index contributed by atoms with van der Waals surface area (Å²) in [5.41, 5.74) is 4.05. The van der Waals surface area contributed by atoms with Gasteiger partial charge in [0.05, 0.1) is 10.5 Å². The maximum Gasteiger partial charge on any atom is 0.282 e. The first kappa shape index (κ1) is 17.7. The van der Waals surface area contributed by atoms with Crippen LogP contribution in [-0.4, -0.2) is 23.3 Å². The maximum absolute atomic E-state index is 12.2. The number of hydrogen-bond donors (Lipinski definition) is 2. The van der Waals surface area contributed by atoms with Crippen molar-refractivity contribution >= 4 is 17.5 Å².